The Morgan fingerprint density at radius 2 is 1.85 bits per heavy atom. The molecule has 0 aliphatic carbocycles. The normalized spacial score (nSPS) is 16.1. The van der Waals surface area contributed by atoms with Gasteiger partial charge < -0.3 is 15.1 Å². The Morgan fingerprint density at radius 1 is 1.08 bits per heavy atom. The van der Waals surface area contributed by atoms with Gasteiger partial charge in [0.2, 0.25) is 0 Å². The number of amides is 1. The van der Waals surface area contributed by atoms with Gasteiger partial charge in [0.25, 0.3) is 5.91 Å². The summed E-state index contributed by atoms with van der Waals surface area (Å²) in [5, 5.41) is 3.34. The van der Waals surface area contributed by atoms with Gasteiger partial charge in [-0.15, -0.1) is 0 Å². The molecule has 1 unspecified atom stereocenters. The van der Waals surface area contributed by atoms with Crippen molar-refractivity contribution in [3.05, 3.63) is 84.3 Å². The van der Waals surface area contributed by atoms with E-state index in [9.17, 15) is 4.79 Å². The third-order valence-electron chi connectivity index (χ3n) is 4.23. The zero-order valence-corrected chi connectivity index (χ0v) is 15.2. The number of dihydropyridines is 1. The van der Waals surface area contributed by atoms with Crippen LogP contribution in [0.3, 0.4) is 0 Å². The molecule has 0 saturated heterocycles. The summed E-state index contributed by atoms with van der Waals surface area (Å²) >= 11 is 0. The molecule has 0 radical (unpaired) electrons. The van der Waals surface area contributed by atoms with Gasteiger partial charge in [0, 0.05) is 36.6 Å². The first-order valence-electron chi connectivity index (χ1n) is 8.72. The van der Waals surface area contributed by atoms with Crippen LogP contribution in [0.25, 0.3) is 5.57 Å². The molecule has 5 heteroatoms. The number of likely N-dealkylation sites (N-methyl/N-ethyl adjacent to an activating group) is 1. The van der Waals surface area contributed by atoms with Crippen molar-refractivity contribution >= 4 is 11.5 Å². The molecule has 1 atom stereocenters. The van der Waals surface area contributed by atoms with Crippen LogP contribution in [0.2, 0.25) is 0 Å². The zero-order chi connectivity index (χ0) is 18.4. The Morgan fingerprint density at radius 3 is 2.46 bits per heavy atom. The lowest BCUT2D eigenvalue weighted by molar-refractivity contribution is 0.0684. The smallest absolute Gasteiger partial charge is 0.255 e. The van der Waals surface area contributed by atoms with Crippen molar-refractivity contribution in [3.8, 4) is 0 Å². The number of nitrogens with zero attached hydrogens (tertiary/aromatic N) is 3. The highest BCUT2D eigenvalue weighted by molar-refractivity contribution is 5.94. The first kappa shape index (κ1) is 17.9. The number of hydrogen-bond acceptors (Lipinski definition) is 4. The number of pyridine rings is 1. The number of aromatic nitrogens is 1. The minimum Gasteiger partial charge on any atom is -0.367 e. The highest BCUT2D eigenvalue weighted by Crippen LogP contribution is 2.18. The van der Waals surface area contributed by atoms with Crippen molar-refractivity contribution in [1.29, 1.82) is 0 Å². The monoisotopic (exact) mass is 348 g/mol. The maximum absolute atomic E-state index is 13.0. The van der Waals surface area contributed by atoms with Gasteiger partial charge in [-0.05, 0) is 44.4 Å². The van der Waals surface area contributed by atoms with Gasteiger partial charge in [0.15, 0.2) is 0 Å². The van der Waals surface area contributed by atoms with Crippen LogP contribution in [0.15, 0.2) is 73.1 Å². The molecule has 1 aromatic heterocycles. The van der Waals surface area contributed by atoms with Gasteiger partial charge in [-0.2, -0.15) is 0 Å². The second kappa shape index (κ2) is 8.45. The van der Waals surface area contributed by atoms with Crippen molar-refractivity contribution < 1.29 is 4.79 Å². The van der Waals surface area contributed by atoms with Crippen LogP contribution in [-0.4, -0.2) is 54.0 Å². The molecular formula is C21H24N4O. The summed E-state index contributed by atoms with van der Waals surface area (Å²) in [7, 11) is 4.02. The minimum atomic E-state index is -0.185. The molecule has 0 fully saturated rings. The van der Waals surface area contributed by atoms with Crippen LogP contribution in [-0.2, 0) is 0 Å². The van der Waals surface area contributed by atoms with E-state index >= 15 is 0 Å². The van der Waals surface area contributed by atoms with E-state index in [1.165, 1.54) is 0 Å². The molecule has 5 nitrogen and oxygen atoms in total. The van der Waals surface area contributed by atoms with Crippen molar-refractivity contribution in [2.75, 3.05) is 27.2 Å². The molecule has 1 N–H and O–H groups in total. The Balaban J connectivity index is 1.77. The van der Waals surface area contributed by atoms with Crippen LogP contribution < -0.4 is 5.32 Å². The average Bonchev–Trinajstić information content (AvgIpc) is 2.69. The third kappa shape index (κ3) is 4.37. The summed E-state index contributed by atoms with van der Waals surface area (Å²) < 4.78 is 0. The second-order valence-electron chi connectivity index (χ2n) is 6.45. The molecule has 0 bridgehead atoms. The first-order valence-corrected chi connectivity index (χ1v) is 8.72. The van der Waals surface area contributed by atoms with Crippen molar-refractivity contribution in [1.82, 2.24) is 20.1 Å². The predicted octanol–water partition coefficient (Wildman–Crippen LogP) is 2.61. The van der Waals surface area contributed by atoms with Gasteiger partial charge in [-0.25, -0.2) is 0 Å². The molecule has 2 aromatic rings. The topological polar surface area (TPSA) is 48.5 Å². The van der Waals surface area contributed by atoms with Gasteiger partial charge in [-0.3, -0.25) is 9.78 Å². The molecule has 1 aliphatic rings. The standard InChI is InChI=1S/C21H24N4O/c1-24(2)14-15-25(21(26)17-8-4-3-5-9-17)20-12-11-18(16-23-20)19-10-6-7-13-22-19/h3-13,16,20,23H,14-15H2,1-2H3. The Hall–Kier alpha value is -2.92. The summed E-state index contributed by atoms with van der Waals surface area (Å²) in [6, 6.07) is 15.2. The molecule has 2 heterocycles. The Labute approximate surface area is 154 Å². The largest absolute Gasteiger partial charge is 0.367 e. The van der Waals surface area contributed by atoms with E-state index in [-0.39, 0.29) is 12.1 Å². The fraction of sp³-hybridized carbons (Fsp3) is 0.238. The lowest BCUT2D eigenvalue weighted by atomic mass is 10.1. The Bertz CT molecular complexity index is 784. The van der Waals surface area contributed by atoms with Crippen LogP contribution in [0.1, 0.15) is 16.1 Å². The van der Waals surface area contributed by atoms with Gasteiger partial charge in [0.1, 0.15) is 6.17 Å². The third-order valence-corrected chi connectivity index (χ3v) is 4.23. The molecule has 26 heavy (non-hydrogen) atoms. The molecule has 3 rings (SSSR count). The van der Waals surface area contributed by atoms with Crippen LogP contribution in [0.5, 0.6) is 0 Å². The zero-order valence-electron chi connectivity index (χ0n) is 15.2. The predicted molar refractivity (Wildman–Crippen MR) is 104 cm³/mol. The number of benzene rings is 1. The van der Waals surface area contributed by atoms with Crippen molar-refractivity contribution in [2.45, 2.75) is 6.17 Å². The fourth-order valence-electron chi connectivity index (χ4n) is 2.78. The number of hydrogen-bond donors (Lipinski definition) is 1. The fourth-order valence-corrected chi connectivity index (χ4v) is 2.78. The van der Waals surface area contributed by atoms with E-state index in [1.807, 2.05) is 85.9 Å². The molecule has 1 amide bonds. The summed E-state index contributed by atoms with van der Waals surface area (Å²) in [5.41, 5.74) is 2.60. The van der Waals surface area contributed by atoms with E-state index in [1.54, 1.807) is 6.20 Å². The van der Waals surface area contributed by atoms with Crippen molar-refractivity contribution in [2.24, 2.45) is 0 Å². The van der Waals surface area contributed by atoms with Crippen molar-refractivity contribution in [3.63, 3.8) is 0 Å². The minimum absolute atomic E-state index is 0.0179. The van der Waals surface area contributed by atoms with Crippen LogP contribution >= 0.6 is 0 Å². The van der Waals surface area contributed by atoms with E-state index in [2.05, 4.69) is 15.2 Å². The molecule has 0 saturated carbocycles. The summed E-state index contributed by atoms with van der Waals surface area (Å²) in [6.07, 6.45) is 7.55. The molecule has 1 aromatic carbocycles. The lowest BCUT2D eigenvalue weighted by Gasteiger charge is -2.33. The first-order chi connectivity index (χ1) is 12.6. The molecule has 1 aliphatic heterocycles. The van der Waals surface area contributed by atoms with Crippen LogP contribution in [0, 0.1) is 0 Å². The second-order valence-corrected chi connectivity index (χ2v) is 6.45. The molecule has 0 spiro atoms. The highest BCUT2D eigenvalue weighted by atomic mass is 16.2. The van der Waals surface area contributed by atoms with Crippen LogP contribution in [0.4, 0.5) is 0 Å². The molecular weight excluding hydrogens is 324 g/mol. The van der Waals surface area contributed by atoms with E-state index in [4.69, 9.17) is 0 Å². The van der Waals surface area contributed by atoms with E-state index < -0.39 is 0 Å². The summed E-state index contributed by atoms with van der Waals surface area (Å²) in [6.45, 7) is 1.43. The Kier molecular flexibility index (Phi) is 5.81. The van der Waals surface area contributed by atoms with E-state index in [0.717, 1.165) is 17.8 Å². The average molecular weight is 348 g/mol. The number of rotatable bonds is 6. The number of carbonyl (C=O) groups is 1. The maximum Gasteiger partial charge on any atom is 0.255 e. The SMILES string of the molecule is CN(C)CCN(C(=O)c1ccccc1)C1C=CC(c2ccccn2)=CN1. The molecule has 134 valence electrons. The van der Waals surface area contributed by atoms with Gasteiger partial charge in [-0.1, -0.05) is 30.3 Å². The van der Waals surface area contributed by atoms with Gasteiger partial charge in [0.05, 0.1) is 5.69 Å². The van der Waals surface area contributed by atoms with E-state index in [0.29, 0.717) is 12.1 Å². The summed E-state index contributed by atoms with van der Waals surface area (Å²) in [4.78, 5) is 21.3. The highest BCUT2D eigenvalue weighted by Gasteiger charge is 2.23. The maximum atomic E-state index is 13.0. The quantitative estimate of drug-likeness (QED) is 0.872. The number of nitrogens with one attached hydrogen (secondary N) is 1. The van der Waals surface area contributed by atoms with Gasteiger partial charge >= 0.3 is 0 Å². The summed E-state index contributed by atoms with van der Waals surface area (Å²) in [5.74, 6) is 0.0179. The number of allylic oxidation sites excluding steroid dienone is 2. The lowest BCUT2D eigenvalue weighted by Crippen LogP contribution is -2.49. The number of carbonyl (C=O) groups excluding carboxylic acids is 1.